The van der Waals surface area contributed by atoms with Crippen molar-refractivity contribution < 1.29 is 0 Å². The lowest BCUT2D eigenvalue weighted by atomic mass is 10.4. The Hall–Kier alpha value is -1.03. The number of hydrogen-bond donors (Lipinski definition) is 2. The molecule has 0 fully saturated rings. The predicted molar refractivity (Wildman–Crippen MR) is 44.0 cm³/mol. The molecule has 0 spiro atoms. The molecule has 60 valence electrons. The van der Waals surface area contributed by atoms with Crippen molar-refractivity contribution in [1.82, 2.24) is 9.78 Å². The van der Waals surface area contributed by atoms with Crippen molar-refractivity contribution in [3.8, 4) is 0 Å². The summed E-state index contributed by atoms with van der Waals surface area (Å²) in [5, 5.41) is 11.6. The zero-order chi connectivity index (χ0) is 8.59. The van der Waals surface area contributed by atoms with Crippen molar-refractivity contribution in [3.63, 3.8) is 0 Å². The fourth-order valence-corrected chi connectivity index (χ4v) is 0.976. The number of nitrogen functional groups attached to an aromatic ring is 1. The van der Waals surface area contributed by atoms with E-state index < -0.39 is 0 Å². The second-order valence-electron chi connectivity index (χ2n) is 2.28. The SMILES string of the molecule is Cc1nn(C(=N)N)c(C)c1Cl. The van der Waals surface area contributed by atoms with Crippen molar-refractivity contribution in [2.75, 3.05) is 0 Å². The van der Waals surface area contributed by atoms with E-state index in [-0.39, 0.29) is 5.96 Å². The van der Waals surface area contributed by atoms with Gasteiger partial charge in [-0.1, -0.05) is 11.6 Å². The van der Waals surface area contributed by atoms with Crippen LogP contribution in [0.15, 0.2) is 0 Å². The summed E-state index contributed by atoms with van der Waals surface area (Å²) in [6.45, 7) is 3.54. The Bertz CT molecular complexity index is 302. The molecule has 0 aromatic carbocycles. The Balaban J connectivity index is 3.29. The molecule has 0 bridgehead atoms. The number of halogens is 1. The zero-order valence-corrected chi connectivity index (χ0v) is 7.11. The maximum Gasteiger partial charge on any atom is 0.213 e. The van der Waals surface area contributed by atoms with Crippen LogP contribution in [0.2, 0.25) is 5.02 Å². The molecule has 3 N–H and O–H groups in total. The molecule has 1 heterocycles. The molecule has 0 saturated heterocycles. The molecule has 0 saturated carbocycles. The molecule has 1 rings (SSSR count). The Morgan fingerprint density at radius 3 is 2.36 bits per heavy atom. The van der Waals surface area contributed by atoms with Crippen molar-refractivity contribution >= 4 is 17.6 Å². The number of rotatable bonds is 0. The number of aryl methyl sites for hydroxylation is 1. The van der Waals surface area contributed by atoms with Crippen molar-refractivity contribution in [2.24, 2.45) is 5.73 Å². The average Bonchev–Trinajstić information content (AvgIpc) is 2.17. The molecule has 1 aromatic rings. The topological polar surface area (TPSA) is 67.7 Å². The number of nitrogens with two attached hydrogens (primary N) is 1. The van der Waals surface area contributed by atoms with E-state index in [9.17, 15) is 0 Å². The molecule has 0 unspecified atom stereocenters. The third-order valence-corrected chi connectivity index (χ3v) is 1.98. The van der Waals surface area contributed by atoms with Gasteiger partial charge < -0.3 is 5.73 Å². The van der Waals surface area contributed by atoms with E-state index in [0.29, 0.717) is 16.4 Å². The number of nitrogens with one attached hydrogen (secondary N) is 1. The summed E-state index contributed by atoms with van der Waals surface area (Å²) >= 11 is 5.81. The second-order valence-corrected chi connectivity index (χ2v) is 2.66. The largest absolute Gasteiger partial charge is 0.368 e. The van der Waals surface area contributed by atoms with Gasteiger partial charge in [0.1, 0.15) is 0 Å². The van der Waals surface area contributed by atoms with Crippen LogP contribution in [0.25, 0.3) is 0 Å². The Labute approximate surface area is 69.5 Å². The van der Waals surface area contributed by atoms with Gasteiger partial charge in [-0.15, -0.1) is 0 Å². The van der Waals surface area contributed by atoms with Gasteiger partial charge in [-0.2, -0.15) is 5.10 Å². The van der Waals surface area contributed by atoms with E-state index in [1.165, 1.54) is 4.68 Å². The van der Waals surface area contributed by atoms with Crippen LogP contribution in [0.5, 0.6) is 0 Å². The lowest BCUT2D eigenvalue weighted by Crippen LogP contribution is -2.22. The first-order valence-corrected chi connectivity index (χ1v) is 3.48. The summed E-state index contributed by atoms with van der Waals surface area (Å²) in [5.41, 5.74) is 6.62. The normalized spacial score (nSPS) is 10.1. The summed E-state index contributed by atoms with van der Waals surface area (Å²) < 4.78 is 1.30. The van der Waals surface area contributed by atoms with E-state index in [1.54, 1.807) is 13.8 Å². The highest BCUT2D eigenvalue weighted by molar-refractivity contribution is 6.32. The summed E-state index contributed by atoms with van der Waals surface area (Å²) in [5.74, 6) is -0.113. The quantitative estimate of drug-likeness (QED) is 0.451. The second kappa shape index (κ2) is 2.54. The molecule has 0 atom stereocenters. The summed E-state index contributed by atoms with van der Waals surface area (Å²) in [7, 11) is 0. The van der Waals surface area contributed by atoms with Gasteiger partial charge in [0, 0.05) is 0 Å². The molecule has 11 heavy (non-hydrogen) atoms. The van der Waals surface area contributed by atoms with Gasteiger partial charge in [0.05, 0.1) is 16.4 Å². The van der Waals surface area contributed by atoms with Gasteiger partial charge in [-0.05, 0) is 13.8 Å². The minimum absolute atomic E-state index is 0.113. The smallest absolute Gasteiger partial charge is 0.213 e. The van der Waals surface area contributed by atoms with Crippen LogP contribution in [0.4, 0.5) is 0 Å². The number of aromatic nitrogens is 2. The first-order valence-electron chi connectivity index (χ1n) is 3.10. The molecule has 0 aliphatic rings. The standard InChI is InChI=1S/C6H9ClN4/c1-3-5(7)4(2)11(10-3)6(8)9/h1-2H3,(H3,8,9). The van der Waals surface area contributed by atoms with E-state index in [2.05, 4.69) is 5.10 Å². The third kappa shape index (κ3) is 1.21. The van der Waals surface area contributed by atoms with Gasteiger partial charge in [0.2, 0.25) is 5.96 Å². The van der Waals surface area contributed by atoms with Crippen LogP contribution < -0.4 is 5.73 Å². The van der Waals surface area contributed by atoms with Gasteiger partial charge in [0.25, 0.3) is 0 Å². The fraction of sp³-hybridized carbons (Fsp3) is 0.333. The van der Waals surface area contributed by atoms with Crippen LogP contribution in [-0.2, 0) is 0 Å². The molecule has 5 heteroatoms. The highest BCUT2D eigenvalue weighted by atomic mass is 35.5. The van der Waals surface area contributed by atoms with Crippen LogP contribution in [0.1, 0.15) is 11.4 Å². The van der Waals surface area contributed by atoms with Gasteiger partial charge >= 0.3 is 0 Å². The summed E-state index contributed by atoms with van der Waals surface area (Å²) in [4.78, 5) is 0. The summed E-state index contributed by atoms with van der Waals surface area (Å²) in [6, 6.07) is 0. The highest BCUT2D eigenvalue weighted by Gasteiger charge is 2.09. The lowest BCUT2D eigenvalue weighted by molar-refractivity contribution is 0.863. The molecular weight excluding hydrogens is 164 g/mol. The summed E-state index contributed by atoms with van der Waals surface area (Å²) in [6.07, 6.45) is 0. The van der Waals surface area contributed by atoms with Crippen LogP contribution in [0.3, 0.4) is 0 Å². The van der Waals surface area contributed by atoms with Crippen LogP contribution >= 0.6 is 11.6 Å². The minimum atomic E-state index is -0.113. The van der Waals surface area contributed by atoms with E-state index in [4.69, 9.17) is 22.7 Å². The predicted octanol–water partition coefficient (Wildman–Crippen LogP) is 0.895. The Kier molecular flexibility index (Phi) is 1.87. The van der Waals surface area contributed by atoms with E-state index in [0.717, 1.165) is 0 Å². The zero-order valence-electron chi connectivity index (χ0n) is 6.35. The Morgan fingerprint density at radius 2 is 2.18 bits per heavy atom. The van der Waals surface area contributed by atoms with Gasteiger partial charge in [-0.3, -0.25) is 5.41 Å². The maximum atomic E-state index is 7.11. The van der Waals surface area contributed by atoms with Crippen molar-refractivity contribution in [3.05, 3.63) is 16.4 Å². The van der Waals surface area contributed by atoms with E-state index >= 15 is 0 Å². The molecule has 0 amide bonds. The van der Waals surface area contributed by atoms with Gasteiger partial charge in [-0.25, -0.2) is 4.68 Å². The van der Waals surface area contributed by atoms with E-state index in [1.807, 2.05) is 0 Å². The molecule has 0 aliphatic carbocycles. The maximum absolute atomic E-state index is 7.11. The van der Waals surface area contributed by atoms with Crippen LogP contribution in [-0.4, -0.2) is 15.7 Å². The first-order chi connectivity index (χ1) is 5.04. The van der Waals surface area contributed by atoms with Crippen LogP contribution in [0, 0.1) is 19.3 Å². The van der Waals surface area contributed by atoms with Crippen molar-refractivity contribution in [2.45, 2.75) is 13.8 Å². The first kappa shape index (κ1) is 8.07. The Morgan fingerprint density at radius 1 is 1.64 bits per heavy atom. The molecule has 0 aliphatic heterocycles. The van der Waals surface area contributed by atoms with Gasteiger partial charge in [0.15, 0.2) is 0 Å². The third-order valence-electron chi connectivity index (χ3n) is 1.43. The molecular formula is C6H9ClN4. The molecule has 1 aromatic heterocycles. The number of nitrogens with zero attached hydrogens (tertiary/aromatic N) is 2. The number of hydrogen-bond acceptors (Lipinski definition) is 2. The lowest BCUT2D eigenvalue weighted by Gasteiger charge is -1.97. The molecule has 0 radical (unpaired) electrons. The minimum Gasteiger partial charge on any atom is -0.368 e. The fourth-order valence-electron chi connectivity index (χ4n) is 0.858. The highest BCUT2D eigenvalue weighted by Crippen LogP contribution is 2.17. The monoisotopic (exact) mass is 172 g/mol. The van der Waals surface area contributed by atoms with Crippen molar-refractivity contribution in [1.29, 1.82) is 5.41 Å². The average molecular weight is 173 g/mol. The molecule has 4 nitrogen and oxygen atoms in total.